The number of carbonyl (C=O) groups is 1. The third-order valence-electron chi connectivity index (χ3n) is 6.44. The van der Waals surface area contributed by atoms with E-state index < -0.39 is 0 Å². The highest BCUT2D eigenvalue weighted by Gasteiger charge is 2.33. The minimum Gasteiger partial charge on any atom is -0.349 e. The van der Waals surface area contributed by atoms with E-state index in [1.54, 1.807) is 0 Å². The third kappa shape index (κ3) is 3.90. The molecule has 2 saturated heterocycles. The van der Waals surface area contributed by atoms with Crippen molar-refractivity contribution >= 4 is 5.91 Å². The van der Waals surface area contributed by atoms with Gasteiger partial charge in [0.15, 0.2) is 0 Å². The topological polar surface area (TPSA) is 65.6 Å². The monoisotopic (exact) mass is 372 g/mol. The van der Waals surface area contributed by atoms with Crippen LogP contribution in [0.4, 0.5) is 0 Å². The predicted octanol–water partition coefficient (Wildman–Crippen LogP) is 2.24. The zero-order valence-corrected chi connectivity index (χ0v) is 16.6. The maximum absolute atomic E-state index is 12.9. The third-order valence-corrected chi connectivity index (χ3v) is 6.44. The van der Waals surface area contributed by atoms with Gasteiger partial charge in [-0.15, -0.1) is 0 Å². The summed E-state index contributed by atoms with van der Waals surface area (Å²) >= 11 is 0. The molecular weight excluding hydrogens is 340 g/mol. The Morgan fingerprint density at radius 2 is 2.22 bits per heavy atom. The average Bonchev–Trinajstić information content (AvgIpc) is 3.30. The molecule has 0 bridgehead atoms. The zero-order valence-electron chi connectivity index (χ0n) is 16.6. The van der Waals surface area contributed by atoms with Gasteiger partial charge in [-0.25, -0.2) is 0 Å². The molecule has 0 aromatic heterocycles. The molecule has 5 atom stereocenters. The number of nitrogens with one attached hydrogen (secondary N) is 3. The van der Waals surface area contributed by atoms with Crippen LogP contribution in [0.1, 0.15) is 62.0 Å². The van der Waals surface area contributed by atoms with Crippen molar-refractivity contribution < 1.29 is 9.63 Å². The molecule has 27 heavy (non-hydrogen) atoms. The van der Waals surface area contributed by atoms with Crippen molar-refractivity contribution in [2.24, 2.45) is 11.8 Å². The van der Waals surface area contributed by atoms with Gasteiger partial charge in [0.2, 0.25) is 5.91 Å². The van der Waals surface area contributed by atoms with E-state index in [2.05, 4.69) is 60.1 Å². The molecule has 2 heterocycles. The highest BCUT2D eigenvalue weighted by atomic mass is 16.7. The van der Waals surface area contributed by atoms with Crippen molar-refractivity contribution in [3.05, 3.63) is 34.9 Å². The Balaban J connectivity index is 1.42. The molecule has 2 fully saturated rings. The lowest BCUT2D eigenvalue weighted by Gasteiger charge is -2.34. The molecule has 1 aromatic rings. The molecule has 0 spiro atoms. The molecule has 2 aliphatic heterocycles. The Morgan fingerprint density at radius 1 is 1.37 bits per heavy atom. The largest absolute Gasteiger partial charge is 0.349 e. The van der Waals surface area contributed by atoms with E-state index in [9.17, 15) is 4.79 Å². The van der Waals surface area contributed by atoms with E-state index in [0.717, 1.165) is 38.8 Å². The van der Waals surface area contributed by atoms with Gasteiger partial charge in [-0.2, -0.15) is 5.48 Å². The summed E-state index contributed by atoms with van der Waals surface area (Å²) in [6.45, 7) is 6.26. The van der Waals surface area contributed by atoms with Crippen LogP contribution in [-0.2, 0) is 16.1 Å². The second kappa shape index (κ2) is 7.87. The number of fused-ring (bicyclic) bond motifs is 1. The minimum absolute atomic E-state index is 0.0347. The van der Waals surface area contributed by atoms with Gasteiger partial charge in [0.1, 0.15) is 12.4 Å². The normalized spacial score (nSPS) is 33.8. The molecular formula is C21H32N4O2. The molecule has 4 rings (SSSR count). The fourth-order valence-corrected chi connectivity index (χ4v) is 4.59. The number of hydrogen-bond donors (Lipinski definition) is 3. The molecule has 148 valence electrons. The van der Waals surface area contributed by atoms with Gasteiger partial charge in [0, 0.05) is 6.54 Å². The summed E-state index contributed by atoms with van der Waals surface area (Å²) in [6.07, 6.45) is 4.12. The number of likely N-dealkylation sites (tertiary alicyclic amines) is 1. The Bertz CT molecular complexity index is 695. The van der Waals surface area contributed by atoms with Crippen molar-refractivity contribution in [3.63, 3.8) is 0 Å². The summed E-state index contributed by atoms with van der Waals surface area (Å²) in [6, 6.07) is 6.73. The smallest absolute Gasteiger partial charge is 0.225 e. The maximum Gasteiger partial charge on any atom is 0.225 e. The van der Waals surface area contributed by atoms with Crippen LogP contribution in [0.5, 0.6) is 0 Å². The van der Waals surface area contributed by atoms with E-state index in [0.29, 0.717) is 5.92 Å². The molecule has 1 aliphatic carbocycles. The van der Waals surface area contributed by atoms with Crippen molar-refractivity contribution in [3.8, 4) is 0 Å². The van der Waals surface area contributed by atoms with Gasteiger partial charge < -0.3 is 10.2 Å². The SMILES string of the molecule is CCC1NC(c2ccc3c(c2)CC[C@H]3NC(=O)C2CN(C)CCC2C)NO1. The van der Waals surface area contributed by atoms with Crippen molar-refractivity contribution in [1.29, 1.82) is 0 Å². The van der Waals surface area contributed by atoms with Gasteiger partial charge in [-0.05, 0) is 61.9 Å². The molecule has 3 N–H and O–H groups in total. The first kappa shape index (κ1) is 18.9. The van der Waals surface area contributed by atoms with E-state index in [1.165, 1.54) is 16.7 Å². The summed E-state index contributed by atoms with van der Waals surface area (Å²) in [4.78, 5) is 20.7. The minimum atomic E-state index is 0.0347. The number of piperidine rings is 1. The van der Waals surface area contributed by atoms with Crippen LogP contribution < -0.4 is 16.1 Å². The molecule has 0 radical (unpaired) electrons. The van der Waals surface area contributed by atoms with Crippen LogP contribution in [0.3, 0.4) is 0 Å². The first-order valence-corrected chi connectivity index (χ1v) is 10.3. The lowest BCUT2D eigenvalue weighted by Crippen LogP contribution is -2.46. The van der Waals surface area contributed by atoms with Crippen LogP contribution in [0, 0.1) is 11.8 Å². The van der Waals surface area contributed by atoms with Gasteiger partial charge >= 0.3 is 0 Å². The number of hydrogen-bond acceptors (Lipinski definition) is 5. The Hall–Kier alpha value is -1.47. The summed E-state index contributed by atoms with van der Waals surface area (Å²) in [7, 11) is 2.11. The lowest BCUT2D eigenvalue weighted by molar-refractivity contribution is -0.129. The average molecular weight is 373 g/mol. The summed E-state index contributed by atoms with van der Waals surface area (Å²) in [5, 5.41) is 6.78. The maximum atomic E-state index is 12.9. The predicted molar refractivity (Wildman–Crippen MR) is 105 cm³/mol. The molecule has 4 unspecified atom stereocenters. The standard InChI is InChI=1S/C21H32N4O2/c1-4-19-23-20(24-27-19)15-5-7-16-14(11-15)6-8-18(16)22-21(26)17-12-25(3)10-9-13(17)2/h5,7,11,13,17-20,23-24H,4,6,8-10,12H2,1-3H3,(H,22,26)/t13?,17?,18-,19?,20?/m1/s1. The highest BCUT2D eigenvalue weighted by molar-refractivity contribution is 5.80. The zero-order chi connectivity index (χ0) is 19.0. The summed E-state index contributed by atoms with van der Waals surface area (Å²) in [5.74, 6) is 0.770. The van der Waals surface area contributed by atoms with E-state index in [4.69, 9.17) is 4.84 Å². The number of nitrogens with zero attached hydrogens (tertiary/aromatic N) is 1. The van der Waals surface area contributed by atoms with E-state index in [1.807, 2.05) is 0 Å². The number of rotatable bonds is 4. The number of benzene rings is 1. The fraction of sp³-hybridized carbons (Fsp3) is 0.667. The van der Waals surface area contributed by atoms with Crippen LogP contribution in [-0.4, -0.2) is 37.2 Å². The van der Waals surface area contributed by atoms with Gasteiger partial charge in [0.05, 0.1) is 12.0 Å². The lowest BCUT2D eigenvalue weighted by atomic mass is 9.86. The van der Waals surface area contributed by atoms with Crippen molar-refractivity contribution in [1.82, 2.24) is 21.0 Å². The first-order chi connectivity index (χ1) is 13.0. The van der Waals surface area contributed by atoms with E-state index in [-0.39, 0.29) is 30.3 Å². The first-order valence-electron chi connectivity index (χ1n) is 10.3. The Kier molecular flexibility index (Phi) is 5.50. The van der Waals surface area contributed by atoms with Crippen LogP contribution in [0.25, 0.3) is 0 Å². The number of amides is 1. The molecule has 3 aliphatic rings. The van der Waals surface area contributed by atoms with Crippen LogP contribution in [0.2, 0.25) is 0 Å². The number of carbonyl (C=O) groups excluding carboxylic acids is 1. The molecule has 0 saturated carbocycles. The quantitative estimate of drug-likeness (QED) is 0.756. The fourth-order valence-electron chi connectivity index (χ4n) is 4.59. The van der Waals surface area contributed by atoms with Crippen LogP contribution in [0.15, 0.2) is 18.2 Å². The highest BCUT2D eigenvalue weighted by Crippen LogP contribution is 2.34. The molecule has 6 nitrogen and oxygen atoms in total. The number of hydroxylamine groups is 1. The van der Waals surface area contributed by atoms with Crippen molar-refractivity contribution in [2.45, 2.75) is 58.0 Å². The van der Waals surface area contributed by atoms with Gasteiger partial charge in [-0.1, -0.05) is 32.0 Å². The molecule has 6 heteroatoms. The van der Waals surface area contributed by atoms with Gasteiger partial charge in [0.25, 0.3) is 0 Å². The molecule has 1 amide bonds. The second-order valence-electron chi connectivity index (χ2n) is 8.43. The summed E-state index contributed by atoms with van der Waals surface area (Å²) < 4.78 is 0. The Morgan fingerprint density at radius 3 is 3.00 bits per heavy atom. The van der Waals surface area contributed by atoms with Crippen LogP contribution >= 0.6 is 0 Å². The summed E-state index contributed by atoms with van der Waals surface area (Å²) in [5.41, 5.74) is 6.88. The number of aryl methyl sites for hydroxylation is 1. The molecule has 1 aromatic carbocycles. The van der Waals surface area contributed by atoms with Crippen molar-refractivity contribution in [2.75, 3.05) is 20.1 Å². The second-order valence-corrected chi connectivity index (χ2v) is 8.43. The van der Waals surface area contributed by atoms with Gasteiger partial charge in [-0.3, -0.25) is 14.9 Å². The Labute approximate surface area is 162 Å². The van der Waals surface area contributed by atoms with E-state index >= 15 is 0 Å².